The molecule has 1 aliphatic heterocycles. The van der Waals surface area contributed by atoms with Crippen LogP contribution in [0.15, 0.2) is 48.5 Å². The third kappa shape index (κ3) is 4.42. The number of H-pyrrole nitrogens is 1. The molecule has 0 spiro atoms. The van der Waals surface area contributed by atoms with Gasteiger partial charge in [-0.3, -0.25) is 14.5 Å². The maximum atomic E-state index is 12.9. The van der Waals surface area contributed by atoms with Gasteiger partial charge in [0, 0.05) is 43.1 Å². The number of amides is 2. The second-order valence-electron chi connectivity index (χ2n) is 7.23. The SMILES string of the molecule is COc1ccc2cc(C(=O)N3CCN(CC(=O)Nc4ccccc4Cl)CC3)[nH]c2c1. The number of para-hydroxylation sites is 1. The zero-order valence-corrected chi connectivity index (χ0v) is 17.4. The van der Waals surface area contributed by atoms with E-state index in [1.165, 1.54) is 0 Å². The van der Waals surface area contributed by atoms with E-state index in [0.717, 1.165) is 16.7 Å². The van der Waals surface area contributed by atoms with Crippen LogP contribution in [0.4, 0.5) is 5.69 Å². The van der Waals surface area contributed by atoms with Gasteiger partial charge in [0.2, 0.25) is 5.91 Å². The minimum atomic E-state index is -0.118. The maximum Gasteiger partial charge on any atom is 0.270 e. The Bertz CT molecular complexity index is 1070. The van der Waals surface area contributed by atoms with Crippen molar-refractivity contribution < 1.29 is 14.3 Å². The first-order valence-corrected chi connectivity index (χ1v) is 10.1. The summed E-state index contributed by atoms with van der Waals surface area (Å²) in [6.07, 6.45) is 0. The number of halogens is 1. The number of aromatic amines is 1. The van der Waals surface area contributed by atoms with Crippen molar-refractivity contribution in [3.63, 3.8) is 0 Å². The number of anilines is 1. The number of nitrogens with one attached hydrogen (secondary N) is 2. The average Bonchev–Trinajstić information content (AvgIpc) is 3.18. The van der Waals surface area contributed by atoms with Crippen LogP contribution in [0.25, 0.3) is 10.9 Å². The summed E-state index contributed by atoms with van der Waals surface area (Å²) < 4.78 is 5.23. The Labute approximate surface area is 179 Å². The summed E-state index contributed by atoms with van der Waals surface area (Å²) in [5.41, 5.74) is 2.03. The lowest BCUT2D eigenvalue weighted by molar-refractivity contribution is -0.117. The Morgan fingerprint density at radius 3 is 2.60 bits per heavy atom. The molecule has 0 aliphatic carbocycles. The predicted molar refractivity (Wildman–Crippen MR) is 117 cm³/mol. The van der Waals surface area contributed by atoms with Gasteiger partial charge in [-0.05, 0) is 30.3 Å². The van der Waals surface area contributed by atoms with Gasteiger partial charge in [0.05, 0.1) is 24.4 Å². The molecule has 3 aromatic rings. The van der Waals surface area contributed by atoms with Crippen molar-refractivity contribution in [1.29, 1.82) is 0 Å². The molecule has 1 aliphatic rings. The third-order valence-corrected chi connectivity index (χ3v) is 5.56. The molecule has 2 aromatic carbocycles. The van der Waals surface area contributed by atoms with Gasteiger partial charge in [-0.1, -0.05) is 23.7 Å². The van der Waals surface area contributed by atoms with Crippen LogP contribution in [0.5, 0.6) is 5.75 Å². The van der Waals surface area contributed by atoms with Crippen molar-refractivity contribution in [2.75, 3.05) is 45.2 Å². The fourth-order valence-electron chi connectivity index (χ4n) is 3.58. The first kappa shape index (κ1) is 20.3. The first-order valence-electron chi connectivity index (χ1n) is 9.76. The molecule has 0 radical (unpaired) electrons. The summed E-state index contributed by atoms with van der Waals surface area (Å²) in [6, 6.07) is 14.7. The third-order valence-electron chi connectivity index (χ3n) is 5.23. The van der Waals surface area contributed by atoms with Gasteiger partial charge in [-0.25, -0.2) is 0 Å². The normalized spacial score (nSPS) is 14.7. The second kappa shape index (κ2) is 8.77. The topological polar surface area (TPSA) is 77.7 Å². The molecule has 30 heavy (non-hydrogen) atoms. The van der Waals surface area contributed by atoms with Gasteiger partial charge in [0.1, 0.15) is 11.4 Å². The van der Waals surface area contributed by atoms with Crippen molar-refractivity contribution in [3.8, 4) is 5.75 Å². The smallest absolute Gasteiger partial charge is 0.270 e. The summed E-state index contributed by atoms with van der Waals surface area (Å²) in [6.45, 7) is 2.67. The maximum absolute atomic E-state index is 12.9. The van der Waals surface area contributed by atoms with Gasteiger partial charge in [-0.15, -0.1) is 0 Å². The molecule has 0 atom stereocenters. The van der Waals surface area contributed by atoms with Crippen molar-refractivity contribution in [2.24, 2.45) is 0 Å². The molecule has 1 saturated heterocycles. The van der Waals surface area contributed by atoms with E-state index in [2.05, 4.69) is 10.3 Å². The molecule has 2 heterocycles. The van der Waals surface area contributed by atoms with Crippen LogP contribution < -0.4 is 10.1 Å². The number of fused-ring (bicyclic) bond motifs is 1. The molecule has 4 rings (SSSR count). The number of piperazine rings is 1. The van der Waals surface area contributed by atoms with Crippen LogP contribution in [0.3, 0.4) is 0 Å². The van der Waals surface area contributed by atoms with E-state index in [4.69, 9.17) is 16.3 Å². The monoisotopic (exact) mass is 426 g/mol. The molecule has 156 valence electrons. The van der Waals surface area contributed by atoms with Crippen LogP contribution in [0.1, 0.15) is 10.5 Å². The van der Waals surface area contributed by atoms with Crippen LogP contribution in [-0.2, 0) is 4.79 Å². The molecular weight excluding hydrogens is 404 g/mol. The Kier molecular flexibility index (Phi) is 5.92. The van der Waals surface area contributed by atoms with E-state index in [9.17, 15) is 9.59 Å². The number of hydrogen-bond donors (Lipinski definition) is 2. The molecule has 7 nitrogen and oxygen atoms in total. The Balaban J connectivity index is 1.32. The molecule has 0 bridgehead atoms. The van der Waals surface area contributed by atoms with Gasteiger partial charge < -0.3 is 19.9 Å². The number of carbonyl (C=O) groups excluding carboxylic acids is 2. The highest BCUT2D eigenvalue weighted by atomic mass is 35.5. The minimum absolute atomic E-state index is 0.0367. The fourth-order valence-corrected chi connectivity index (χ4v) is 3.77. The molecule has 2 amide bonds. The second-order valence-corrected chi connectivity index (χ2v) is 7.64. The van der Waals surface area contributed by atoms with Crippen LogP contribution in [-0.4, -0.2) is 66.4 Å². The molecule has 1 fully saturated rings. The number of rotatable bonds is 5. The highest BCUT2D eigenvalue weighted by Crippen LogP contribution is 2.23. The standard InChI is InChI=1S/C22H23ClN4O3/c1-30-16-7-6-15-12-20(24-19(15)13-16)22(29)27-10-8-26(9-11-27)14-21(28)25-18-5-3-2-4-17(18)23/h2-7,12-13,24H,8-11,14H2,1H3,(H,25,28). The summed E-state index contributed by atoms with van der Waals surface area (Å²) >= 11 is 6.09. The summed E-state index contributed by atoms with van der Waals surface area (Å²) in [5.74, 6) is 0.588. The zero-order chi connectivity index (χ0) is 21.1. The average molecular weight is 427 g/mol. The van der Waals surface area contributed by atoms with Gasteiger partial charge in [-0.2, -0.15) is 0 Å². The van der Waals surface area contributed by atoms with Crippen molar-refractivity contribution in [2.45, 2.75) is 0 Å². The zero-order valence-electron chi connectivity index (χ0n) is 16.7. The molecule has 2 N–H and O–H groups in total. The summed E-state index contributed by atoms with van der Waals surface area (Å²) in [7, 11) is 1.62. The Morgan fingerprint density at radius 1 is 1.10 bits per heavy atom. The molecule has 0 saturated carbocycles. The first-order chi connectivity index (χ1) is 14.5. The minimum Gasteiger partial charge on any atom is -0.497 e. The quantitative estimate of drug-likeness (QED) is 0.656. The fraction of sp³-hybridized carbons (Fsp3) is 0.273. The highest BCUT2D eigenvalue weighted by Gasteiger charge is 2.24. The van der Waals surface area contributed by atoms with Gasteiger partial charge >= 0.3 is 0 Å². The largest absolute Gasteiger partial charge is 0.497 e. The van der Waals surface area contributed by atoms with Crippen LogP contribution in [0.2, 0.25) is 5.02 Å². The number of hydrogen-bond acceptors (Lipinski definition) is 4. The highest BCUT2D eigenvalue weighted by molar-refractivity contribution is 6.33. The Hall–Kier alpha value is -3.03. The molecule has 8 heteroatoms. The number of aromatic nitrogens is 1. The van der Waals surface area contributed by atoms with E-state index in [1.54, 1.807) is 19.2 Å². The van der Waals surface area contributed by atoms with Gasteiger partial charge in [0.25, 0.3) is 5.91 Å². The lowest BCUT2D eigenvalue weighted by atomic mass is 10.2. The summed E-state index contributed by atoms with van der Waals surface area (Å²) in [5, 5.41) is 4.31. The number of carbonyl (C=O) groups is 2. The number of nitrogens with zero attached hydrogens (tertiary/aromatic N) is 2. The summed E-state index contributed by atoms with van der Waals surface area (Å²) in [4.78, 5) is 32.2. The van der Waals surface area contributed by atoms with Crippen LogP contribution in [0, 0.1) is 0 Å². The predicted octanol–water partition coefficient (Wildman–Crippen LogP) is 3.23. The van der Waals surface area contributed by atoms with Crippen molar-refractivity contribution in [1.82, 2.24) is 14.8 Å². The molecular formula is C22H23ClN4O3. The van der Waals surface area contributed by atoms with E-state index >= 15 is 0 Å². The van der Waals surface area contributed by atoms with Gasteiger partial charge in [0.15, 0.2) is 0 Å². The molecule has 1 aromatic heterocycles. The Morgan fingerprint density at radius 2 is 1.87 bits per heavy atom. The lowest BCUT2D eigenvalue weighted by Crippen LogP contribution is -2.50. The van der Waals surface area contributed by atoms with E-state index < -0.39 is 0 Å². The lowest BCUT2D eigenvalue weighted by Gasteiger charge is -2.34. The van der Waals surface area contributed by atoms with Crippen molar-refractivity contribution in [3.05, 3.63) is 59.2 Å². The number of methoxy groups -OCH3 is 1. The van der Waals surface area contributed by atoms with E-state index in [0.29, 0.717) is 42.6 Å². The molecule has 0 unspecified atom stereocenters. The van der Waals surface area contributed by atoms with Crippen molar-refractivity contribution >= 4 is 40.0 Å². The number of benzene rings is 2. The van der Waals surface area contributed by atoms with E-state index in [-0.39, 0.29) is 18.4 Å². The number of ether oxygens (including phenoxy) is 1. The van der Waals surface area contributed by atoms with Crippen LogP contribution >= 0.6 is 11.6 Å². The van der Waals surface area contributed by atoms with E-state index in [1.807, 2.05) is 46.2 Å².